The maximum absolute atomic E-state index is 11.7. The van der Waals surface area contributed by atoms with Crippen molar-refractivity contribution in [1.82, 2.24) is 5.32 Å². The summed E-state index contributed by atoms with van der Waals surface area (Å²) in [5.41, 5.74) is 1.09. The number of methoxy groups -OCH3 is 1. The lowest BCUT2D eigenvalue weighted by molar-refractivity contribution is 0.395. The molecule has 0 amide bonds. The number of hydrogen-bond donors (Lipinski definition) is 1. The Morgan fingerprint density at radius 3 is 2.75 bits per heavy atom. The number of hydrogen-bond acceptors (Lipinski definition) is 4. The third-order valence-electron chi connectivity index (χ3n) is 3.71. The molecule has 0 aliphatic carbocycles. The highest BCUT2D eigenvalue weighted by atomic mass is 79.9. The maximum Gasteiger partial charge on any atom is 0.150 e. The van der Waals surface area contributed by atoms with Gasteiger partial charge in [-0.15, -0.1) is 0 Å². The predicted molar refractivity (Wildman–Crippen MR) is 83.9 cm³/mol. The van der Waals surface area contributed by atoms with E-state index in [1.165, 1.54) is 0 Å². The van der Waals surface area contributed by atoms with E-state index in [0.29, 0.717) is 5.75 Å². The van der Waals surface area contributed by atoms with Crippen LogP contribution in [0.1, 0.15) is 24.9 Å². The monoisotopic (exact) mass is 361 g/mol. The van der Waals surface area contributed by atoms with Gasteiger partial charge in [0.2, 0.25) is 0 Å². The summed E-state index contributed by atoms with van der Waals surface area (Å²) in [6.07, 6.45) is 0.721. The Bertz CT molecular complexity index is 574. The number of halogens is 1. The van der Waals surface area contributed by atoms with Crippen molar-refractivity contribution in [2.75, 3.05) is 25.2 Å². The lowest BCUT2D eigenvalue weighted by atomic mass is 9.92. The predicted octanol–water partition coefficient (Wildman–Crippen LogP) is 2.54. The Hall–Kier alpha value is -0.590. The van der Waals surface area contributed by atoms with Gasteiger partial charge in [-0.1, -0.05) is 28.9 Å². The zero-order valence-electron chi connectivity index (χ0n) is 11.7. The number of ether oxygens (including phenoxy) is 1. The van der Waals surface area contributed by atoms with E-state index >= 15 is 0 Å². The minimum absolute atomic E-state index is 0.0533. The minimum atomic E-state index is -2.87. The van der Waals surface area contributed by atoms with Gasteiger partial charge in [0.05, 0.1) is 18.6 Å². The Morgan fingerprint density at radius 1 is 1.50 bits per heavy atom. The molecule has 1 saturated heterocycles. The molecule has 2 rings (SSSR count). The van der Waals surface area contributed by atoms with Gasteiger partial charge in [0.15, 0.2) is 9.84 Å². The maximum atomic E-state index is 11.7. The first-order valence-electron chi connectivity index (χ1n) is 6.74. The van der Waals surface area contributed by atoms with E-state index < -0.39 is 9.84 Å². The number of nitrogens with one attached hydrogen (secondary N) is 1. The van der Waals surface area contributed by atoms with Gasteiger partial charge in [-0.2, -0.15) is 0 Å². The molecule has 4 nitrogen and oxygen atoms in total. The molecule has 20 heavy (non-hydrogen) atoms. The summed E-state index contributed by atoms with van der Waals surface area (Å²) in [5, 5.41) is 3.42. The summed E-state index contributed by atoms with van der Waals surface area (Å²) >= 11 is 3.56. The molecule has 0 spiro atoms. The van der Waals surface area contributed by atoms with Crippen LogP contribution in [0.3, 0.4) is 0 Å². The summed E-state index contributed by atoms with van der Waals surface area (Å²) in [6.45, 7) is 2.84. The second-order valence-corrected chi connectivity index (χ2v) is 8.17. The fourth-order valence-corrected chi connectivity index (χ4v) is 5.17. The molecule has 0 radical (unpaired) electrons. The molecule has 0 bridgehead atoms. The van der Waals surface area contributed by atoms with Gasteiger partial charge in [-0.3, -0.25) is 0 Å². The van der Waals surface area contributed by atoms with Crippen molar-refractivity contribution in [2.45, 2.75) is 19.4 Å². The van der Waals surface area contributed by atoms with Gasteiger partial charge in [0, 0.05) is 10.5 Å². The third-order valence-corrected chi connectivity index (χ3v) is 6.19. The van der Waals surface area contributed by atoms with Crippen LogP contribution in [-0.2, 0) is 9.84 Å². The van der Waals surface area contributed by atoms with Crippen LogP contribution in [0.4, 0.5) is 0 Å². The highest BCUT2D eigenvalue weighted by molar-refractivity contribution is 9.10. The molecule has 1 aromatic carbocycles. The Kier molecular flexibility index (Phi) is 5.09. The van der Waals surface area contributed by atoms with Crippen LogP contribution in [0.25, 0.3) is 0 Å². The summed E-state index contributed by atoms with van der Waals surface area (Å²) in [6, 6.07) is 5.88. The van der Waals surface area contributed by atoms with E-state index in [4.69, 9.17) is 4.74 Å². The van der Waals surface area contributed by atoms with Crippen LogP contribution >= 0.6 is 15.9 Å². The zero-order valence-corrected chi connectivity index (χ0v) is 14.1. The molecule has 6 heteroatoms. The van der Waals surface area contributed by atoms with Crippen molar-refractivity contribution in [3.8, 4) is 5.75 Å². The second kappa shape index (κ2) is 6.45. The Morgan fingerprint density at radius 2 is 2.25 bits per heavy atom. The first kappa shape index (κ1) is 15.8. The molecular weight excluding hydrogens is 342 g/mol. The first-order valence-corrected chi connectivity index (χ1v) is 9.35. The second-order valence-electron chi connectivity index (χ2n) is 5.09. The highest BCUT2D eigenvalue weighted by Crippen LogP contribution is 2.36. The standard InChI is InChI=1S/C14H20BrNO3S/c1-3-16-14(10-6-7-20(17,18)9-10)12-5-4-11(19-2)8-13(12)15/h4-5,8,10,14,16H,3,6-7,9H2,1-2H3. The van der Waals surface area contributed by atoms with E-state index in [9.17, 15) is 8.42 Å². The fourth-order valence-electron chi connectivity index (χ4n) is 2.72. The van der Waals surface area contributed by atoms with E-state index in [2.05, 4.69) is 21.2 Å². The van der Waals surface area contributed by atoms with E-state index in [1.807, 2.05) is 25.1 Å². The third kappa shape index (κ3) is 3.54. The van der Waals surface area contributed by atoms with Crippen LogP contribution in [0.2, 0.25) is 0 Å². The van der Waals surface area contributed by atoms with Crippen LogP contribution in [0.15, 0.2) is 22.7 Å². The molecule has 1 heterocycles. The molecule has 0 saturated carbocycles. The summed E-state index contributed by atoms with van der Waals surface area (Å²) in [7, 11) is -1.24. The lowest BCUT2D eigenvalue weighted by Gasteiger charge is -2.25. The molecule has 1 aliphatic rings. The van der Waals surface area contributed by atoms with Gasteiger partial charge in [-0.05, 0) is 36.6 Å². The molecule has 2 unspecified atom stereocenters. The van der Waals surface area contributed by atoms with Gasteiger partial charge < -0.3 is 10.1 Å². The molecule has 1 N–H and O–H groups in total. The van der Waals surface area contributed by atoms with E-state index in [1.54, 1.807) is 7.11 Å². The van der Waals surface area contributed by atoms with Crippen molar-refractivity contribution in [3.63, 3.8) is 0 Å². The largest absolute Gasteiger partial charge is 0.497 e. The summed E-state index contributed by atoms with van der Waals surface area (Å²) in [4.78, 5) is 0. The van der Waals surface area contributed by atoms with Crippen LogP contribution < -0.4 is 10.1 Å². The SMILES string of the molecule is CCNC(c1ccc(OC)cc1Br)C1CCS(=O)(=O)C1. The molecule has 112 valence electrons. The van der Waals surface area contributed by atoms with Crippen LogP contribution in [0, 0.1) is 5.92 Å². The van der Waals surface area contributed by atoms with E-state index in [-0.39, 0.29) is 17.7 Å². The van der Waals surface area contributed by atoms with E-state index in [0.717, 1.165) is 28.8 Å². The minimum Gasteiger partial charge on any atom is -0.497 e. The normalized spacial score (nSPS) is 22.6. The number of sulfone groups is 1. The topological polar surface area (TPSA) is 55.4 Å². The zero-order chi connectivity index (χ0) is 14.8. The van der Waals surface area contributed by atoms with Gasteiger partial charge in [0.25, 0.3) is 0 Å². The van der Waals surface area contributed by atoms with Gasteiger partial charge in [0.1, 0.15) is 5.75 Å². The van der Waals surface area contributed by atoms with Crippen molar-refractivity contribution in [1.29, 1.82) is 0 Å². The van der Waals surface area contributed by atoms with Crippen LogP contribution in [-0.4, -0.2) is 33.6 Å². The van der Waals surface area contributed by atoms with Gasteiger partial charge >= 0.3 is 0 Å². The summed E-state index contributed by atoms with van der Waals surface area (Å²) in [5.74, 6) is 1.48. The fraction of sp³-hybridized carbons (Fsp3) is 0.571. The molecule has 0 aromatic heterocycles. The molecular formula is C14H20BrNO3S. The van der Waals surface area contributed by atoms with Crippen LogP contribution in [0.5, 0.6) is 5.75 Å². The quantitative estimate of drug-likeness (QED) is 0.875. The highest BCUT2D eigenvalue weighted by Gasteiger charge is 2.34. The Labute approximate surface area is 129 Å². The average Bonchev–Trinajstić information content (AvgIpc) is 2.76. The molecule has 2 atom stereocenters. The molecule has 1 aliphatic heterocycles. The van der Waals surface area contributed by atoms with Crippen molar-refractivity contribution < 1.29 is 13.2 Å². The lowest BCUT2D eigenvalue weighted by Crippen LogP contribution is -2.29. The Balaban J connectivity index is 2.29. The van der Waals surface area contributed by atoms with Crippen molar-refractivity contribution in [2.24, 2.45) is 5.92 Å². The molecule has 1 aromatic rings. The average molecular weight is 362 g/mol. The first-order chi connectivity index (χ1) is 9.46. The number of benzene rings is 1. The van der Waals surface area contributed by atoms with Crippen molar-refractivity contribution in [3.05, 3.63) is 28.2 Å². The summed E-state index contributed by atoms with van der Waals surface area (Å²) < 4.78 is 29.6. The van der Waals surface area contributed by atoms with Crippen molar-refractivity contribution >= 4 is 25.8 Å². The smallest absolute Gasteiger partial charge is 0.150 e. The number of rotatable bonds is 5. The molecule has 1 fully saturated rings. The van der Waals surface area contributed by atoms with Gasteiger partial charge in [-0.25, -0.2) is 8.42 Å².